The minimum Gasteiger partial charge on any atom is -0.307 e. The smallest absolute Gasteiger partial charge is 0.148 e. The lowest BCUT2D eigenvalue weighted by Crippen LogP contribution is -2.31. The molecule has 0 aromatic heterocycles. The van der Waals surface area contributed by atoms with E-state index in [4.69, 9.17) is 0 Å². The molecular weight excluding hydrogens is 835 g/mol. The van der Waals surface area contributed by atoms with E-state index in [0.29, 0.717) is 17.8 Å². The van der Waals surface area contributed by atoms with Crippen LogP contribution in [0.2, 0.25) is 0 Å². The number of hydrogen-bond acceptors (Lipinski definition) is 2. The summed E-state index contributed by atoms with van der Waals surface area (Å²) in [7, 11) is 0. The second-order valence-electron chi connectivity index (χ2n) is 17.4. The van der Waals surface area contributed by atoms with Crippen molar-refractivity contribution in [2.75, 3.05) is 9.80 Å². The zero-order chi connectivity index (χ0) is 45.6. The van der Waals surface area contributed by atoms with Gasteiger partial charge in [0.1, 0.15) is 11.6 Å². The second-order valence-corrected chi connectivity index (χ2v) is 17.4. The van der Waals surface area contributed by atoms with Gasteiger partial charge < -0.3 is 9.80 Å². The molecule has 4 aliphatic carbocycles. The normalized spacial score (nSPS) is 15.6. The standard InChI is InChI=1S/C64H44F2N2/c65-57-41-49(43-19-7-1-8-20-43)39-55(45-23-11-3-12-24-45)63(57)67(51-27-15-5-16-28-51)59-37-33-47-32-36-54-60(38-34-48-31-35-53(59)61(47)62(48)54)68(52-29-17-6-18-30-52)64-56(46-25-13-4-14-26-46)40-50(42-58(64)66)44-21-9-2-10-22-44/h1-33,35-42,61H,34H2. The summed E-state index contributed by atoms with van der Waals surface area (Å²) in [5.41, 5.74) is 17.0. The molecule has 1 unspecified atom stereocenters. The van der Waals surface area contributed by atoms with Gasteiger partial charge in [-0.05, 0) is 117 Å². The van der Waals surface area contributed by atoms with Crippen LogP contribution in [0.5, 0.6) is 0 Å². The first kappa shape index (κ1) is 40.9. The summed E-state index contributed by atoms with van der Waals surface area (Å²) in [5, 5.41) is 0. The lowest BCUT2D eigenvalue weighted by atomic mass is 9.67. The summed E-state index contributed by atoms with van der Waals surface area (Å²) in [6, 6.07) is 68.1. The van der Waals surface area contributed by atoms with E-state index in [0.717, 1.165) is 84.0 Å². The topological polar surface area (TPSA) is 6.48 Å². The van der Waals surface area contributed by atoms with Crippen LogP contribution in [0.25, 0.3) is 44.5 Å². The molecule has 4 heteroatoms. The van der Waals surface area contributed by atoms with Crippen LogP contribution in [0, 0.1) is 17.6 Å². The van der Waals surface area contributed by atoms with Gasteiger partial charge in [-0.2, -0.15) is 0 Å². The molecule has 4 aliphatic rings. The van der Waals surface area contributed by atoms with Crippen LogP contribution in [0.4, 0.5) is 31.5 Å². The molecule has 0 radical (unpaired) electrons. The number of rotatable bonds is 10. The third-order valence-electron chi connectivity index (χ3n) is 13.5. The predicted octanol–water partition coefficient (Wildman–Crippen LogP) is 17.1. The van der Waals surface area contributed by atoms with Crippen LogP contribution in [0.15, 0.2) is 288 Å². The highest BCUT2D eigenvalue weighted by atomic mass is 19.1. The minimum absolute atomic E-state index is 0.159. The lowest BCUT2D eigenvalue weighted by molar-refractivity contribution is 0.627. The highest BCUT2D eigenvalue weighted by molar-refractivity contribution is 5.92. The molecule has 0 spiro atoms. The van der Waals surface area contributed by atoms with Crippen LogP contribution in [-0.2, 0) is 0 Å². The first-order valence-corrected chi connectivity index (χ1v) is 23.1. The van der Waals surface area contributed by atoms with E-state index in [1.54, 1.807) is 12.1 Å². The van der Waals surface area contributed by atoms with Crippen molar-refractivity contribution in [3.8, 4) is 44.5 Å². The van der Waals surface area contributed by atoms with Crippen LogP contribution >= 0.6 is 0 Å². The van der Waals surface area contributed by atoms with Crippen molar-refractivity contribution in [2.24, 2.45) is 5.92 Å². The molecule has 68 heavy (non-hydrogen) atoms. The van der Waals surface area contributed by atoms with Crippen molar-refractivity contribution in [1.29, 1.82) is 0 Å². The van der Waals surface area contributed by atoms with Crippen LogP contribution < -0.4 is 9.80 Å². The fourth-order valence-electron chi connectivity index (χ4n) is 10.4. The first-order valence-electron chi connectivity index (χ1n) is 23.1. The summed E-state index contributed by atoms with van der Waals surface area (Å²) in [4.78, 5) is 4.23. The Bertz CT molecular complexity index is 3460. The quantitative estimate of drug-likeness (QED) is 0.135. The number of benzene rings is 8. The Morgan fingerprint density at radius 2 is 0.838 bits per heavy atom. The molecule has 8 aromatic carbocycles. The monoisotopic (exact) mass is 878 g/mol. The third kappa shape index (κ3) is 7.19. The fraction of sp³-hybridized carbons (Fsp3) is 0.0312. The number of nitrogens with zero attached hydrogens (tertiary/aromatic N) is 2. The molecule has 12 rings (SSSR count). The van der Waals surface area contributed by atoms with Gasteiger partial charge in [-0.3, -0.25) is 0 Å². The van der Waals surface area contributed by atoms with Crippen molar-refractivity contribution < 1.29 is 8.78 Å². The Morgan fingerprint density at radius 3 is 1.32 bits per heavy atom. The number of anilines is 4. The summed E-state index contributed by atoms with van der Waals surface area (Å²) < 4.78 is 35.2. The number of halogens is 2. The van der Waals surface area contributed by atoms with E-state index in [1.165, 1.54) is 11.1 Å². The molecule has 0 N–H and O–H groups in total. The average Bonchev–Trinajstić information content (AvgIpc) is 3.41. The minimum atomic E-state index is -0.322. The molecule has 2 nitrogen and oxygen atoms in total. The fourth-order valence-corrected chi connectivity index (χ4v) is 10.4. The molecular formula is C64H44F2N2. The van der Waals surface area contributed by atoms with Crippen LogP contribution in [-0.4, -0.2) is 0 Å². The maximum absolute atomic E-state index is 17.6. The largest absolute Gasteiger partial charge is 0.307 e. The van der Waals surface area contributed by atoms with E-state index in [1.807, 2.05) is 133 Å². The van der Waals surface area contributed by atoms with Crippen molar-refractivity contribution in [3.63, 3.8) is 0 Å². The Kier molecular flexibility index (Phi) is 10.4. The number of para-hydroxylation sites is 2. The number of hydrogen-bond donors (Lipinski definition) is 0. The van der Waals surface area contributed by atoms with Gasteiger partial charge in [-0.25, -0.2) is 8.78 Å². The Labute approximate surface area is 396 Å². The van der Waals surface area contributed by atoms with Crippen LogP contribution in [0.3, 0.4) is 0 Å². The molecule has 0 bridgehead atoms. The van der Waals surface area contributed by atoms with Crippen LogP contribution in [0.1, 0.15) is 6.42 Å². The molecule has 0 heterocycles. The van der Waals surface area contributed by atoms with Crippen molar-refractivity contribution in [3.05, 3.63) is 300 Å². The van der Waals surface area contributed by atoms with Gasteiger partial charge in [0.05, 0.1) is 22.8 Å². The van der Waals surface area contributed by atoms with E-state index in [2.05, 4.69) is 113 Å². The Hall–Kier alpha value is -8.60. The highest BCUT2D eigenvalue weighted by Crippen LogP contribution is 2.55. The molecule has 324 valence electrons. The number of allylic oxidation sites excluding steroid dienone is 11. The third-order valence-corrected chi connectivity index (χ3v) is 13.5. The van der Waals surface area contributed by atoms with Gasteiger partial charge in [0.2, 0.25) is 0 Å². The van der Waals surface area contributed by atoms with Gasteiger partial charge in [0.25, 0.3) is 0 Å². The SMILES string of the molecule is Fc1cc(-c2ccccc2)cc(-c2ccccc2)c1N(C1=CC=C2C=CC3=C4C(=CC=C1C24)CC=C3N(c1ccccc1)c1c(F)cc(-c2ccccc2)cc1-c1ccccc1)c1ccccc1. The predicted molar refractivity (Wildman–Crippen MR) is 276 cm³/mol. The lowest BCUT2D eigenvalue weighted by Gasteiger charge is -2.43. The molecule has 0 aliphatic heterocycles. The van der Waals surface area contributed by atoms with Crippen molar-refractivity contribution >= 4 is 22.7 Å². The first-order chi connectivity index (χ1) is 33.6. The van der Waals surface area contributed by atoms with Gasteiger partial charge in [0.15, 0.2) is 0 Å². The van der Waals surface area contributed by atoms with Gasteiger partial charge >= 0.3 is 0 Å². The molecule has 0 amide bonds. The molecule has 0 saturated heterocycles. The Morgan fingerprint density at radius 1 is 0.397 bits per heavy atom. The summed E-state index contributed by atoms with van der Waals surface area (Å²) in [5.74, 6) is -0.799. The van der Waals surface area contributed by atoms with E-state index in [9.17, 15) is 0 Å². The zero-order valence-corrected chi connectivity index (χ0v) is 37.1. The molecule has 0 saturated carbocycles. The maximum Gasteiger partial charge on any atom is 0.148 e. The average molecular weight is 879 g/mol. The second kappa shape index (κ2) is 17.3. The van der Waals surface area contributed by atoms with E-state index >= 15 is 8.78 Å². The molecule has 8 aromatic rings. The van der Waals surface area contributed by atoms with E-state index < -0.39 is 0 Å². The zero-order valence-electron chi connectivity index (χ0n) is 37.1. The summed E-state index contributed by atoms with van der Waals surface area (Å²) >= 11 is 0. The Balaban J connectivity index is 1.03. The summed E-state index contributed by atoms with van der Waals surface area (Å²) in [6.45, 7) is 0. The molecule has 0 fully saturated rings. The van der Waals surface area contributed by atoms with Crippen molar-refractivity contribution in [2.45, 2.75) is 6.42 Å². The van der Waals surface area contributed by atoms with Gasteiger partial charge in [-0.1, -0.05) is 194 Å². The molecule has 1 atom stereocenters. The van der Waals surface area contributed by atoms with Crippen molar-refractivity contribution in [1.82, 2.24) is 0 Å². The van der Waals surface area contributed by atoms with Gasteiger partial charge in [-0.15, -0.1) is 0 Å². The maximum atomic E-state index is 17.6. The van der Waals surface area contributed by atoms with E-state index in [-0.39, 0.29) is 17.6 Å². The summed E-state index contributed by atoms with van der Waals surface area (Å²) in [6.07, 6.45) is 16.1. The highest BCUT2D eigenvalue weighted by Gasteiger charge is 2.40. The van der Waals surface area contributed by atoms with Gasteiger partial charge in [0, 0.05) is 34.0 Å².